The number of nitrogens with zero attached hydrogens (tertiary/aromatic N) is 2. The summed E-state index contributed by atoms with van der Waals surface area (Å²) in [4.78, 5) is 32.2. The van der Waals surface area contributed by atoms with E-state index in [1.54, 1.807) is 6.20 Å². The number of ether oxygens (including phenoxy) is 4. The van der Waals surface area contributed by atoms with Crippen molar-refractivity contribution in [1.82, 2.24) is 15.2 Å². The van der Waals surface area contributed by atoms with Gasteiger partial charge in [-0.25, -0.2) is 4.79 Å². The van der Waals surface area contributed by atoms with Crippen LogP contribution in [0.4, 0.5) is 4.79 Å². The van der Waals surface area contributed by atoms with Gasteiger partial charge in [0.2, 0.25) is 5.91 Å². The molecule has 0 spiro atoms. The summed E-state index contributed by atoms with van der Waals surface area (Å²) in [5, 5.41) is 3.76. The maximum atomic E-state index is 13.2. The molecule has 2 aromatic carbocycles. The molecule has 0 aliphatic carbocycles. The number of amides is 2. The zero-order valence-corrected chi connectivity index (χ0v) is 22.6. The molecule has 0 radical (unpaired) electrons. The van der Waals surface area contributed by atoms with Crippen LogP contribution in [0.15, 0.2) is 54.7 Å². The van der Waals surface area contributed by atoms with Gasteiger partial charge in [0.15, 0.2) is 11.5 Å². The molecule has 9 heteroatoms. The molecule has 206 valence electrons. The van der Waals surface area contributed by atoms with Gasteiger partial charge in [-0.1, -0.05) is 30.3 Å². The number of hydrogen-bond donors (Lipinski definition) is 1. The SMILES string of the molecule is CC(C)(C)OC(=O)N1CC[C@H]2C[C@H]1C(=O)NCCCOc1c(OCc3ccccc3)ccc3ncc(cc13)O2. The van der Waals surface area contributed by atoms with E-state index >= 15 is 0 Å². The fraction of sp³-hybridized carbons (Fsp3) is 0.433. The van der Waals surface area contributed by atoms with Crippen molar-refractivity contribution in [3.63, 3.8) is 0 Å². The molecular weight excluding hydrogens is 498 g/mol. The minimum Gasteiger partial charge on any atom is -0.489 e. The summed E-state index contributed by atoms with van der Waals surface area (Å²) in [6.07, 6.45) is 2.40. The lowest BCUT2D eigenvalue weighted by Gasteiger charge is -2.39. The van der Waals surface area contributed by atoms with Crippen molar-refractivity contribution in [2.24, 2.45) is 0 Å². The summed E-state index contributed by atoms with van der Waals surface area (Å²) < 4.78 is 24.3. The standard InChI is InChI=1S/C30H35N3O6/c1-30(2,3)39-29(35)33-14-12-21-17-25(33)28(34)31-13-7-15-36-27-23-16-22(38-21)18-32-24(23)10-11-26(27)37-19-20-8-5-4-6-9-20/h4-6,8-11,16,18,21,25H,7,12-15,17,19H2,1-3H3,(H,31,34)/t21-,25-/m0/s1. The quantitative estimate of drug-likeness (QED) is 0.513. The smallest absolute Gasteiger partial charge is 0.410 e. The first kappa shape index (κ1) is 26.6. The van der Waals surface area contributed by atoms with Crippen LogP contribution in [-0.4, -0.2) is 59.3 Å². The Kier molecular flexibility index (Phi) is 7.77. The number of carbonyl (C=O) groups is 2. The van der Waals surface area contributed by atoms with Gasteiger partial charge in [-0.05, 0) is 51.0 Å². The van der Waals surface area contributed by atoms with Gasteiger partial charge < -0.3 is 24.3 Å². The number of aromatic nitrogens is 1. The number of piperidine rings is 1. The predicted molar refractivity (Wildman–Crippen MR) is 146 cm³/mol. The van der Waals surface area contributed by atoms with E-state index < -0.39 is 17.7 Å². The first-order valence-electron chi connectivity index (χ1n) is 13.4. The predicted octanol–water partition coefficient (Wildman–Crippen LogP) is 4.86. The lowest BCUT2D eigenvalue weighted by molar-refractivity contribution is -0.129. The molecule has 2 amide bonds. The highest BCUT2D eigenvalue weighted by molar-refractivity contribution is 5.89. The molecule has 3 aromatic rings. The molecule has 39 heavy (non-hydrogen) atoms. The monoisotopic (exact) mass is 533 g/mol. The largest absolute Gasteiger partial charge is 0.489 e. The molecule has 9 nitrogen and oxygen atoms in total. The molecule has 1 aromatic heterocycles. The second kappa shape index (κ2) is 11.4. The summed E-state index contributed by atoms with van der Waals surface area (Å²) in [6.45, 7) is 6.95. The van der Waals surface area contributed by atoms with Crippen molar-refractivity contribution in [3.05, 3.63) is 60.3 Å². The van der Waals surface area contributed by atoms with Gasteiger partial charge >= 0.3 is 6.09 Å². The Balaban J connectivity index is 1.41. The number of pyridine rings is 1. The highest BCUT2D eigenvalue weighted by atomic mass is 16.6. The lowest BCUT2D eigenvalue weighted by atomic mass is 9.98. The van der Waals surface area contributed by atoms with E-state index in [0.717, 1.165) is 16.5 Å². The average molecular weight is 534 g/mol. The molecule has 0 saturated carbocycles. The van der Waals surface area contributed by atoms with Gasteiger partial charge in [-0.15, -0.1) is 0 Å². The first-order chi connectivity index (χ1) is 18.8. The Hall–Kier alpha value is -4.01. The van der Waals surface area contributed by atoms with E-state index in [9.17, 15) is 9.59 Å². The number of carbonyl (C=O) groups excluding carboxylic acids is 2. The van der Waals surface area contributed by atoms with Crippen LogP contribution >= 0.6 is 0 Å². The zero-order valence-electron chi connectivity index (χ0n) is 22.6. The van der Waals surface area contributed by atoms with Crippen molar-refractivity contribution in [2.75, 3.05) is 19.7 Å². The Labute approximate surface area is 228 Å². The first-order valence-corrected chi connectivity index (χ1v) is 13.4. The minimum absolute atomic E-state index is 0.230. The van der Waals surface area contributed by atoms with Gasteiger partial charge in [0.1, 0.15) is 30.1 Å². The van der Waals surface area contributed by atoms with Gasteiger partial charge in [0, 0.05) is 31.3 Å². The Morgan fingerprint density at radius 1 is 1.18 bits per heavy atom. The number of likely N-dealkylation sites (tertiary alicyclic amines) is 1. The zero-order chi connectivity index (χ0) is 27.4. The van der Waals surface area contributed by atoms with Crippen molar-refractivity contribution >= 4 is 22.9 Å². The third-order valence-corrected chi connectivity index (χ3v) is 6.65. The van der Waals surface area contributed by atoms with Crippen molar-refractivity contribution in [1.29, 1.82) is 0 Å². The molecule has 3 heterocycles. The lowest BCUT2D eigenvalue weighted by Crippen LogP contribution is -2.56. The average Bonchev–Trinajstić information content (AvgIpc) is 2.91. The van der Waals surface area contributed by atoms with Crippen LogP contribution < -0.4 is 19.5 Å². The van der Waals surface area contributed by atoms with Gasteiger partial charge in [0.25, 0.3) is 0 Å². The van der Waals surface area contributed by atoms with E-state index in [-0.39, 0.29) is 12.0 Å². The maximum Gasteiger partial charge on any atom is 0.410 e. The molecule has 2 aliphatic rings. The molecule has 0 unspecified atom stereocenters. The molecule has 4 bridgehead atoms. The van der Waals surface area contributed by atoms with Gasteiger partial charge in [-0.3, -0.25) is 14.7 Å². The summed E-state index contributed by atoms with van der Waals surface area (Å²) >= 11 is 0. The Bertz CT molecular complexity index is 1320. The molecular formula is C30H35N3O6. The number of nitrogens with one attached hydrogen (secondary N) is 1. The van der Waals surface area contributed by atoms with E-state index in [2.05, 4.69) is 10.3 Å². The second-order valence-electron chi connectivity index (χ2n) is 10.9. The summed E-state index contributed by atoms with van der Waals surface area (Å²) in [5.41, 5.74) is 1.16. The van der Waals surface area contributed by atoms with E-state index in [1.807, 2.05) is 69.3 Å². The number of hydrogen-bond acceptors (Lipinski definition) is 7. The highest BCUT2D eigenvalue weighted by Crippen LogP contribution is 2.38. The minimum atomic E-state index is -0.690. The van der Waals surface area contributed by atoms with Crippen LogP contribution in [0.3, 0.4) is 0 Å². The maximum absolute atomic E-state index is 13.2. The summed E-state index contributed by atoms with van der Waals surface area (Å²) in [5.74, 6) is 1.56. The van der Waals surface area contributed by atoms with Crippen molar-refractivity contribution in [3.8, 4) is 17.2 Å². The third-order valence-electron chi connectivity index (χ3n) is 6.65. The van der Waals surface area contributed by atoms with Crippen LogP contribution in [0.5, 0.6) is 17.2 Å². The highest BCUT2D eigenvalue weighted by Gasteiger charge is 2.39. The van der Waals surface area contributed by atoms with Crippen LogP contribution in [0.1, 0.15) is 45.6 Å². The van der Waals surface area contributed by atoms with Crippen molar-refractivity contribution < 1.29 is 28.5 Å². The topological polar surface area (TPSA) is 99.2 Å². The molecule has 1 saturated heterocycles. The number of fused-ring (bicyclic) bond motifs is 3. The van der Waals surface area contributed by atoms with Crippen LogP contribution in [-0.2, 0) is 16.1 Å². The van der Waals surface area contributed by atoms with Gasteiger partial charge in [0.05, 0.1) is 18.3 Å². The molecule has 2 atom stereocenters. The fourth-order valence-electron chi connectivity index (χ4n) is 4.79. The third kappa shape index (κ3) is 6.53. The Morgan fingerprint density at radius 3 is 2.79 bits per heavy atom. The van der Waals surface area contributed by atoms with E-state index in [4.69, 9.17) is 18.9 Å². The second-order valence-corrected chi connectivity index (χ2v) is 10.9. The van der Waals surface area contributed by atoms with Gasteiger partial charge in [-0.2, -0.15) is 0 Å². The fourth-order valence-corrected chi connectivity index (χ4v) is 4.79. The summed E-state index contributed by atoms with van der Waals surface area (Å²) in [7, 11) is 0. The van der Waals surface area contributed by atoms with Crippen molar-refractivity contribution in [2.45, 2.75) is 64.4 Å². The van der Waals surface area contributed by atoms with E-state index in [0.29, 0.717) is 62.8 Å². The van der Waals surface area contributed by atoms with E-state index in [1.165, 1.54) is 4.90 Å². The van der Waals surface area contributed by atoms with Crippen LogP contribution in [0.25, 0.3) is 10.9 Å². The molecule has 1 fully saturated rings. The van der Waals surface area contributed by atoms with Crippen LogP contribution in [0, 0.1) is 0 Å². The molecule has 1 N–H and O–H groups in total. The molecule has 2 aliphatic heterocycles. The number of rotatable bonds is 3. The Morgan fingerprint density at radius 2 is 2.00 bits per heavy atom. The van der Waals surface area contributed by atoms with Crippen LogP contribution in [0.2, 0.25) is 0 Å². The summed E-state index contributed by atoms with van der Waals surface area (Å²) in [6, 6.07) is 14.9. The molecule has 5 rings (SSSR count). The number of benzene rings is 2. The normalized spacial score (nSPS) is 19.9.